The molecule has 0 bridgehead atoms. The topological polar surface area (TPSA) is 119 Å². The minimum absolute atomic E-state index is 0.0283. The second kappa shape index (κ2) is 5.95. The van der Waals surface area contributed by atoms with Crippen LogP contribution in [0.4, 0.5) is 5.69 Å². The van der Waals surface area contributed by atoms with Gasteiger partial charge < -0.3 is 9.84 Å². The fourth-order valence-corrected chi connectivity index (χ4v) is 2.43. The van der Waals surface area contributed by atoms with Gasteiger partial charge in [0, 0.05) is 12.6 Å². The molecule has 0 heterocycles. The molecule has 0 aliphatic heterocycles. The second-order valence-electron chi connectivity index (χ2n) is 3.79. The first-order valence-corrected chi connectivity index (χ1v) is 6.76. The fraction of sp³-hybridized carbons (Fsp3) is 0.400. The number of nitro groups is 1. The number of nitro benzene ring substituents is 1. The van der Waals surface area contributed by atoms with Crippen molar-refractivity contribution in [2.24, 2.45) is 0 Å². The molecule has 0 spiro atoms. The van der Waals surface area contributed by atoms with Gasteiger partial charge in [-0.2, -0.15) is 0 Å². The zero-order valence-electron chi connectivity index (χ0n) is 10.4. The van der Waals surface area contributed by atoms with Gasteiger partial charge in [-0.3, -0.25) is 10.1 Å². The molecule has 1 aromatic carbocycles. The van der Waals surface area contributed by atoms with Crippen LogP contribution in [0.25, 0.3) is 0 Å². The van der Waals surface area contributed by atoms with Crippen LogP contribution in [0.5, 0.6) is 5.75 Å². The van der Waals surface area contributed by atoms with Gasteiger partial charge in [-0.15, -0.1) is 0 Å². The van der Waals surface area contributed by atoms with E-state index >= 15 is 0 Å². The number of aliphatic hydroxyl groups excluding tert-OH is 1. The summed E-state index contributed by atoms with van der Waals surface area (Å²) in [4.78, 5) is 9.80. The molecule has 1 atom stereocenters. The van der Waals surface area contributed by atoms with Crippen molar-refractivity contribution >= 4 is 15.7 Å². The molecule has 0 aliphatic carbocycles. The Morgan fingerprint density at radius 3 is 2.63 bits per heavy atom. The number of nitrogens with one attached hydrogen (secondary N) is 1. The van der Waals surface area contributed by atoms with Crippen molar-refractivity contribution in [3.63, 3.8) is 0 Å². The fourth-order valence-electron chi connectivity index (χ4n) is 1.29. The first-order valence-electron chi connectivity index (χ1n) is 5.28. The minimum atomic E-state index is -3.91. The molecule has 0 fully saturated rings. The Morgan fingerprint density at radius 2 is 2.16 bits per heavy atom. The third-order valence-corrected chi connectivity index (χ3v) is 3.65. The third kappa shape index (κ3) is 3.88. The monoisotopic (exact) mass is 290 g/mol. The average molecular weight is 290 g/mol. The number of benzene rings is 1. The quantitative estimate of drug-likeness (QED) is 0.573. The summed E-state index contributed by atoms with van der Waals surface area (Å²) in [6, 6.07) is 3.30. The molecule has 0 saturated carbocycles. The Hall–Kier alpha value is -1.71. The van der Waals surface area contributed by atoms with Crippen LogP contribution < -0.4 is 9.46 Å². The van der Waals surface area contributed by atoms with Gasteiger partial charge in [-0.05, 0) is 19.1 Å². The summed E-state index contributed by atoms with van der Waals surface area (Å²) in [7, 11) is -2.65. The molecule has 106 valence electrons. The lowest BCUT2D eigenvalue weighted by Crippen LogP contribution is -2.30. The molecule has 0 saturated heterocycles. The number of aliphatic hydroxyl groups is 1. The van der Waals surface area contributed by atoms with Crippen molar-refractivity contribution in [1.29, 1.82) is 0 Å². The molecule has 9 heteroatoms. The van der Waals surface area contributed by atoms with Gasteiger partial charge in [0.1, 0.15) is 0 Å². The van der Waals surface area contributed by atoms with E-state index in [9.17, 15) is 18.5 Å². The molecular weight excluding hydrogens is 276 g/mol. The van der Waals surface area contributed by atoms with Crippen molar-refractivity contribution < 1.29 is 23.2 Å². The Morgan fingerprint density at radius 1 is 1.53 bits per heavy atom. The van der Waals surface area contributed by atoms with E-state index in [-0.39, 0.29) is 17.2 Å². The van der Waals surface area contributed by atoms with Crippen LogP contribution in [0.3, 0.4) is 0 Å². The summed E-state index contributed by atoms with van der Waals surface area (Å²) in [6.45, 7) is 1.24. The molecule has 2 N–H and O–H groups in total. The van der Waals surface area contributed by atoms with Gasteiger partial charge in [-0.25, -0.2) is 13.1 Å². The highest BCUT2D eigenvalue weighted by atomic mass is 32.2. The van der Waals surface area contributed by atoms with E-state index in [2.05, 4.69) is 4.72 Å². The van der Waals surface area contributed by atoms with E-state index < -0.39 is 26.7 Å². The maximum absolute atomic E-state index is 11.8. The highest BCUT2D eigenvalue weighted by Gasteiger charge is 2.21. The number of rotatable bonds is 6. The summed E-state index contributed by atoms with van der Waals surface area (Å²) < 4.78 is 30.6. The van der Waals surface area contributed by atoms with Crippen molar-refractivity contribution in [3.05, 3.63) is 28.3 Å². The lowest BCUT2D eigenvalue weighted by molar-refractivity contribution is -0.386. The molecule has 1 unspecified atom stereocenters. The number of methoxy groups -OCH3 is 1. The maximum Gasteiger partial charge on any atom is 0.312 e. The zero-order chi connectivity index (χ0) is 14.6. The molecule has 0 radical (unpaired) electrons. The SMILES string of the molecule is COc1ccc(S(=O)(=O)NCC(C)O)cc1[N+](=O)[O-]. The maximum atomic E-state index is 11.8. The van der Waals surface area contributed by atoms with Crippen LogP contribution in [-0.2, 0) is 10.0 Å². The highest BCUT2D eigenvalue weighted by molar-refractivity contribution is 7.89. The summed E-state index contributed by atoms with van der Waals surface area (Å²) >= 11 is 0. The van der Waals surface area contributed by atoms with E-state index in [0.717, 1.165) is 6.07 Å². The summed E-state index contributed by atoms with van der Waals surface area (Å²) in [6.07, 6.45) is -0.858. The Kier molecular flexibility index (Phi) is 4.81. The first kappa shape index (κ1) is 15.3. The molecule has 19 heavy (non-hydrogen) atoms. The van der Waals surface area contributed by atoms with Crippen molar-refractivity contribution in [1.82, 2.24) is 4.72 Å². The van der Waals surface area contributed by atoms with Crippen LogP contribution in [0.1, 0.15) is 6.92 Å². The van der Waals surface area contributed by atoms with E-state index in [0.29, 0.717) is 0 Å². The number of hydrogen-bond donors (Lipinski definition) is 2. The Labute approximate surface area is 110 Å². The first-order chi connectivity index (χ1) is 8.77. The number of ether oxygens (including phenoxy) is 1. The van der Waals surface area contributed by atoms with E-state index in [4.69, 9.17) is 9.84 Å². The van der Waals surface area contributed by atoms with Crippen LogP contribution in [-0.4, -0.2) is 38.2 Å². The lowest BCUT2D eigenvalue weighted by atomic mass is 10.3. The molecule has 8 nitrogen and oxygen atoms in total. The van der Waals surface area contributed by atoms with Gasteiger partial charge in [0.05, 0.1) is 23.0 Å². The van der Waals surface area contributed by atoms with Gasteiger partial charge >= 0.3 is 5.69 Å². The van der Waals surface area contributed by atoms with Crippen molar-refractivity contribution in [2.75, 3.05) is 13.7 Å². The summed E-state index contributed by atoms with van der Waals surface area (Å²) in [5.74, 6) is -0.0283. The van der Waals surface area contributed by atoms with Crippen molar-refractivity contribution in [3.8, 4) is 5.75 Å². The molecule has 0 aliphatic rings. The molecule has 1 rings (SSSR count). The zero-order valence-corrected chi connectivity index (χ0v) is 11.2. The largest absolute Gasteiger partial charge is 0.490 e. The van der Waals surface area contributed by atoms with Crippen LogP contribution >= 0.6 is 0 Å². The molecule has 0 aromatic heterocycles. The Bertz CT molecular complexity index is 569. The van der Waals surface area contributed by atoms with Crippen molar-refractivity contribution in [2.45, 2.75) is 17.9 Å². The highest BCUT2D eigenvalue weighted by Crippen LogP contribution is 2.29. The number of hydrogen-bond acceptors (Lipinski definition) is 6. The minimum Gasteiger partial charge on any atom is -0.490 e. The molecule has 1 aromatic rings. The van der Waals surface area contributed by atoms with E-state index in [1.54, 1.807) is 0 Å². The number of sulfonamides is 1. The van der Waals surface area contributed by atoms with Crippen LogP contribution in [0.2, 0.25) is 0 Å². The lowest BCUT2D eigenvalue weighted by Gasteiger charge is -2.09. The van der Waals surface area contributed by atoms with Crippen LogP contribution in [0, 0.1) is 10.1 Å². The van der Waals surface area contributed by atoms with Crippen LogP contribution in [0.15, 0.2) is 23.1 Å². The van der Waals surface area contributed by atoms with E-state index in [1.165, 1.54) is 26.2 Å². The number of nitrogens with zero attached hydrogens (tertiary/aromatic N) is 1. The summed E-state index contributed by atoms with van der Waals surface area (Å²) in [5, 5.41) is 19.8. The average Bonchev–Trinajstić information content (AvgIpc) is 2.35. The van der Waals surface area contributed by atoms with Gasteiger partial charge in [0.15, 0.2) is 5.75 Å². The Balaban J connectivity index is 3.14. The van der Waals surface area contributed by atoms with E-state index in [1.807, 2.05) is 0 Å². The third-order valence-electron chi connectivity index (χ3n) is 2.23. The van der Waals surface area contributed by atoms with Gasteiger partial charge in [-0.1, -0.05) is 0 Å². The smallest absolute Gasteiger partial charge is 0.312 e. The molecular formula is C10H14N2O6S. The van der Waals surface area contributed by atoms with Gasteiger partial charge in [0.2, 0.25) is 10.0 Å². The second-order valence-corrected chi connectivity index (χ2v) is 5.56. The standard InChI is InChI=1S/C10H14N2O6S/c1-7(13)6-11-19(16,17)8-3-4-10(18-2)9(5-8)12(14)15/h3-5,7,11,13H,6H2,1-2H3. The predicted octanol–water partition coefficient (Wildman–Crippen LogP) is 0.262. The summed E-state index contributed by atoms with van der Waals surface area (Å²) in [5.41, 5.74) is -0.442. The normalized spacial score (nSPS) is 13.0. The predicted molar refractivity (Wildman–Crippen MR) is 66.5 cm³/mol. The van der Waals surface area contributed by atoms with Gasteiger partial charge in [0.25, 0.3) is 0 Å². The molecule has 0 amide bonds.